The van der Waals surface area contributed by atoms with Gasteiger partial charge in [-0.15, -0.1) is 6.58 Å². The Bertz CT molecular complexity index is 874. The van der Waals surface area contributed by atoms with Gasteiger partial charge in [-0.1, -0.05) is 18.2 Å². The first-order chi connectivity index (χ1) is 12.0. The van der Waals surface area contributed by atoms with Crippen LogP contribution in [0.25, 0.3) is 11.0 Å². The van der Waals surface area contributed by atoms with Crippen molar-refractivity contribution in [3.8, 4) is 0 Å². The van der Waals surface area contributed by atoms with Gasteiger partial charge in [0.15, 0.2) is 5.69 Å². The van der Waals surface area contributed by atoms with Crippen molar-refractivity contribution >= 4 is 16.9 Å². The number of nitrogens with zero attached hydrogens (tertiary/aromatic N) is 3. The maximum Gasteiger partial charge on any atom is 0.282 e. The van der Waals surface area contributed by atoms with Gasteiger partial charge in [-0.05, 0) is 31.4 Å². The van der Waals surface area contributed by atoms with E-state index < -0.39 is 5.56 Å². The molecule has 0 unspecified atom stereocenters. The normalized spacial score (nSPS) is 20.6. The second-order valence-corrected chi connectivity index (χ2v) is 6.79. The molecule has 3 rings (SSSR count). The topological polar surface area (TPSA) is 75.4 Å². The van der Waals surface area contributed by atoms with Crippen molar-refractivity contribution < 1.29 is 9.90 Å². The number of amides is 1. The number of rotatable bonds is 4. The van der Waals surface area contributed by atoms with Crippen molar-refractivity contribution in [2.24, 2.45) is 12.5 Å². The summed E-state index contributed by atoms with van der Waals surface area (Å²) in [5.41, 5.74) is 0.474. The van der Waals surface area contributed by atoms with Crippen LogP contribution in [0.1, 0.15) is 29.8 Å². The number of aromatic nitrogens is 2. The van der Waals surface area contributed by atoms with Crippen molar-refractivity contribution in [1.29, 1.82) is 0 Å². The zero-order valence-electron chi connectivity index (χ0n) is 14.4. The van der Waals surface area contributed by atoms with E-state index in [2.05, 4.69) is 11.6 Å². The Morgan fingerprint density at radius 3 is 2.92 bits per heavy atom. The molecule has 1 atom stereocenters. The molecule has 2 heterocycles. The smallest absolute Gasteiger partial charge is 0.282 e. The van der Waals surface area contributed by atoms with Crippen LogP contribution in [0, 0.1) is 5.41 Å². The van der Waals surface area contributed by atoms with Gasteiger partial charge in [0, 0.05) is 25.6 Å². The molecule has 25 heavy (non-hydrogen) atoms. The second-order valence-electron chi connectivity index (χ2n) is 6.79. The summed E-state index contributed by atoms with van der Waals surface area (Å²) in [7, 11) is 1.65. The number of fused-ring (bicyclic) bond motifs is 1. The Morgan fingerprint density at radius 2 is 2.20 bits per heavy atom. The summed E-state index contributed by atoms with van der Waals surface area (Å²) < 4.78 is 1.46. The highest BCUT2D eigenvalue weighted by Gasteiger charge is 2.37. The molecule has 0 aliphatic carbocycles. The minimum atomic E-state index is -0.396. The zero-order chi connectivity index (χ0) is 18.0. The van der Waals surface area contributed by atoms with E-state index in [9.17, 15) is 14.7 Å². The fourth-order valence-corrected chi connectivity index (χ4v) is 3.62. The largest absolute Gasteiger partial charge is 0.396 e. The van der Waals surface area contributed by atoms with E-state index >= 15 is 0 Å². The first kappa shape index (κ1) is 17.4. The van der Waals surface area contributed by atoms with Crippen LogP contribution in [-0.2, 0) is 7.05 Å². The SMILES string of the molecule is C=CC[C@]1(CO)CCCN(C(=O)c2nc3ccccc3n(C)c2=O)C1. The average Bonchev–Trinajstić information content (AvgIpc) is 2.64. The summed E-state index contributed by atoms with van der Waals surface area (Å²) in [6.45, 7) is 4.72. The number of para-hydroxylation sites is 2. The quantitative estimate of drug-likeness (QED) is 0.859. The summed E-state index contributed by atoms with van der Waals surface area (Å²) in [6.07, 6.45) is 4.03. The lowest BCUT2D eigenvalue weighted by Gasteiger charge is -2.41. The summed E-state index contributed by atoms with van der Waals surface area (Å²) >= 11 is 0. The van der Waals surface area contributed by atoms with Gasteiger partial charge in [0.1, 0.15) is 0 Å². The highest BCUT2D eigenvalue weighted by Crippen LogP contribution is 2.33. The van der Waals surface area contributed by atoms with Crippen LogP contribution in [0.4, 0.5) is 0 Å². The molecule has 0 radical (unpaired) electrons. The molecule has 1 N–H and O–H groups in total. The molecule has 1 aliphatic heterocycles. The van der Waals surface area contributed by atoms with Gasteiger partial charge >= 0.3 is 0 Å². The molecule has 2 aromatic rings. The fraction of sp³-hybridized carbons (Fsp3) is 0.421. The third-order valence-electron chi connectivity index (χ3n) is 5.05. The van der Waals surface area contributed by atoms with Crippen LogP contribution >= 0.6 is 0 Å². The molecule has 1 aromatic heterocycles. The van der Waals surface area contributed by atoms with Crippen molar-refractivity contribution in [2.75, 3.05) is 19.7 Å². The van der Waals surface area contributed by atoms with Gasteiger partial charge in [0.25, 0.3) is 11.5 Å². The molecule has 1 fully saturated rings. The number of hydrogen-bond donors (Lipinski definition) is 1. The first-order valence-corrected chi connectivity index (χ1v) is 8.48. The minimum Gasteiger partial charge on any atom is -0.396 e. The Hall–Kier alpha value is -2.47. The Kier molecular flexibility index (Phi) is 4.72. The van der Waals surface area contributed by atoms with Crippen LogP contribution in [0.3, 0.4) is 0 Å². The Labute approximate surface area is 146 Å². The molecule has 6 heteroatoms. The van der Waals surface area contributed by atoms with E-state index in [1.54, 1.807) is 30.2 Å². The van der Waals surface area contributed by atoms with Crippen molar-refractivity contribution in [3.63, 3.8) is 0 Å². The second kappa shape index (κ2) is 6.80. The van der Waals surface area contributed by atoms with E-state index in [1.165, 1.54) is 4.57 Å². The molecular formula is C19H23N3O3. The average molecular weight is 341 g/mol. The van der Waals surface area contributed by atoms with E-state index in [1.807, 2.05) is 12.1 Å². The molecule has 1 saturated heterocycles. The Morgan fingerprint density at radius 1 is 1.44 bits per heavy atom. The highest BCUT2D eigenvalue weighted by molar-refractivity contribution is 5.94. The number of carbonyl (C=O) groups excluding carboxylic acids is 1. The number of hydrogen-bond acceptors (Lipinski definition) is 4. The number of likely N-dealkylation sites (tertiary alicyclic amines) is 1. The Balaban J connectivity index is 1.98. The molecule has 0 bridgehead atoms. The van der Waals surface area contributed by atoms with Crippen molar-refractivity contribution in [3.05, 3.63) is 53.0 Å². The van der Waals surface area contributed by atoms with Crippen LogP contribution in [-0.4, -0.2) is 45.2 Å². The van der Waals surface area contributed by atoms with Gasteiger partial charge in [-0.2, -0.15) is 0 Å². The van der Waals surface area contributed by atoms with E-state index in [0.717, 1.165) is 12.8 Å². The molecule has 132 valence electrons. The van der Waals surface area contributed by atoms with Crippen molar-refractivity contribution in [1.82, 2.24) is 14.5 Å². The monoisotopic (exact) mass is 341 g/mol. The van der Waals surface area contributed by atoms with Crippen LogP contribution in [0.5, 0.6) is 0 Å². The first-order valence-electron chi connectivity index (χ1n) is 8.48. The number of aryl methyl sites for hydroxylation is 1. The molecule has 0 saturated carbocycles. The number of benzene rings is 1. The summed E-state index contributed by atoms with van der Waals surface area (Å²) in [5.74, 6) is -0.368. The number of allylic oxidation sites excluding steroid dienone is 1. The number of aliphatic hydroxyl groups excluding tert-OH is 1. The number of aliphatic hydroxyl groups is 1. The van der Waals surface area contributed by atoms with Crippen molar-refractivity contribution in [2.45, 2.75) is 19.3 Å². The van der Waals surface area contributed by atoms with E-state index in [4.69, 9.17) is 0 Å². The summed E-state index contributed by atoms with van der Waals surface area (Å²) in [5, 5.41) is 9.82. The molecule has 6 nitrogen and oxygen atoms in total. The van der Waals surface area contributed by atoms with Crippen LogP contribution in [0.15, 0.2) is 41.7 Å². The summed E-state index contributed by atoms with van der Waals surface area (Å²) in [6, 6.07) is 7.26. The molecule has 1 amide bonds. The number of carbonyl (C=O) groups is 1. The third kappa shape index (κ3) is 3.09. The van der Waals surface area contributed by atoms with Gasteiger partial charge in [-0.3, -0.25) is 9.59 Å². The van der Waals surface area contributed by atoms with Gasteiger partial charge < -0.3 is 14.6 Å². The lowest BCUT2D eigenvalue weighted by atomic mass is 9.78. The fourth-order valence-electron chi connectivity index (χ4n) is 3.62. The number of piperidine rings is 1. The lowest BCUT2D eigenvalue weighted by Crippen LogP contribution is -2.49. The predicted molar refractivity (Wildman–Crippen MR) is 96.5 cm³/mol. The molecule has 0 spiro atoms. The maximum atomic E-state index is 13.0. The maximum absolute atomic E-state index is 13.0. The highest BCUT2D eigenvalue weighted by atomic mass is 16.3. The molecular weight excluding hydrogens is 318 g/mol. The van der Waals surface area contributed by atoms with Gasteiger partial charge in [0.05, 0.1) is 17.6 Å². The van der Waals surface area contributed by atoms with Crippen LogP contribution in [0.2, 0.25) is 0 Å². The standard InChI is InChI=1S/C19H23N3O3/c1-3-9-19(13-23)10-6-11-22(12-19)18(25)16-17(24)21(2)15-8-5-4-7-14(15)20-16/h3-5,7-8,23H,1,6,9-13H2,2H3/t19-/m0/s1. The zero-order valence-corrected chi connectivity index (χ0v) is 14.4. The minimum absolute atomic E-state index is 0.00798. The lowest BCUT2D eigenvalue weighted by molar-refractivity contribution is 0.0280. The molecule has 1 aliphatic rings. The van der Waals surface area contributed by atoms with E-state index in [-0.39, 0.29) is 23.6 Å². The third-order valence-corrected chi connectivity index (χ3v) is 5.05. The summed E-state index contributed by atoms with van der Waals surface area (Å²) in [4.78, 5) is 31.5. The van der Waals surface area contributed by atoms with Gasteiger partial charge in [0.2, 0.25) is 0 Å². The van der Waals surface area contributed by atoms with Crippen LogP contribution < -0.4 is 5.56 Å². The van der Waals surface area contributed by atoms with Gasteiger partial charge in [-0.25, -0.2) is 4.98 Å². The van der Waals surface area contributed by atoms with E-state index in [0.29, 0.717) is 30.5 Å². The molecule has 1 aromatic carbocycles. The predicted octanol–water partition coefficient (Wildman–Crippen LogP) is 1.72.